The first kappa shape index (κ1) is 13.4. The normalized spacial score (nSPS) is 11.6. The summed E-state index contributed by atoms with van der Waals surface area (Å²) in [5.74, 6) is 0. The minimum atomic E-state index is -0.504. The van der Waals surface area contributed by atoms with E-state index in [4.69, 9.17) is 4.74 Å². The van der Waals surface area contributed by atoms with Gasteiger partial charge in [0.15, 0.2) is 0 Å². The summed E-state index contributed by atoms with van der Waals surface area (Å²) in [6.07, 6.45) is -0.459. The standard InChI is InChI=1S/C14H19N3O2/c1-9-11-7-6-10(8-12(11)16-17(9)5)15-13(18)19-14(2,3)4/h6-8H,1-5H3,(H,15,18). The first-order chi connectivity index (χ1) is 8.76. The molecule has 5 heteroatoms. The van der Waals surface area contributed by atoms with Crippen LogP contribution in [0.2, 0.25) is 0 Å². The van der Waals surface area contributed by atoms with E-state index < -0.39 is 11.7 Å². The van der Waals surface area contributed by atoms with E-state index in [0.29, 0.717) is 5.69 Å². The maximum atomic E-state index is 11.7. The van der Waals surface area contributed by atoms with Gasteiger partial charge in [0.1, 0.15) is 5.60 Å². The Labute approximate surface area is 112 Å². The van der Waals surface area contributed by atoms with E-state index in [0.717, 1.165) is 16.6 Å². The largest absolute Gasteiger partial charge is 0.444 e. The quantitative estimate of drug-likeness (QED) is 0.857. The predicted octanol–water partition coefficient (Wildman–Crippen LogP) is 3.23. The van der Waals surface area contributed by atoms with Crippen LogP contribution in [0.15, 0.2) is 18.2 Å². The first-order valence-corrected chi connectivity index (χ1v) is 6.19. The van der Waals surface area contributed by atoms with Gasteiger partial charge in [-0.3, -0.25) is 10.00 Å². The molecule has 0 radical (unpaired) electrons. The van der Waals surface area contributed by atoms with Crippen LogP contribution in [0.4, 0.5) is 10.5 Å². The van der Waals surface area contributed by atoms with Crippen LogP contribution in [0.5, 0.6) is 0 Å². The number of aromatic nitrogens is 2. The van der Waals surface area contributed by atoms with E-state index >= 15 is 0 Å². The summed E-state index contributed by atoms with van der Waals surface area (Å²) >= 11 is 0. The van der Waals surface area contributed by atoms with Crippen molar-refractivity contribution in [2.75, 3.05) is 5.32 Å². The molecule has 0 aliphatic rings. The Kier molecular flexibility index (Phi) is 3.22. The Morgan fingerprint density at radius 2 is 2.05 bits per heavy atom. The number of anilines is 1. The van der Waals surface area contributed by atoms with Gasteiger partial charge in [0.25, 0.3) is 0 Å². The molecule has 0 saturated carbocycles. The second-order valence-electron chi connectivity index (χ2n) is 5.57. The molecule has 0 aliphatic carbocycles. The van der Waals surface area contributed by atoms with Gasteiger partial charge in [-0.2, -0.15) is 5.10 Å². The molecule has 1 heterocycles. The maximum absolute atomic E-state index is 11.7. The number of rotatable bonds is 1. The van der Waals surface area contributed by atoms with Gasteiger partial charge in [0, 0.05) is 23.8 Å². The second kappa shape index (κ2) is 4.57. The van der Waals surface area contributed by atoms with Gasteiger partial charge in [-0.15, -0.1) is 0 Å². The van der Waals surface area contributed by atoms with Crippen LogP contribution >= 0.6 is 0 Å². The molecule has 2 rings (SSSR count). The number of fused-ring (bicyclic) bond motifs is 1. The van der Waals surface area contributed by atoms with Gasteiger partial charge in [0.2, 0.25) is 0 Å². The van der Waals surface area contributed by atoms with Gasteiger partial charge in [-0.05, 0) is 45.9 Å². The van der Waals surface area contributed by atoms with Gasteiger partial charge in [-0.1, -0.05) is 0 Å². The Morgan fingerprint density at radius 3 is 2.68 bits per heavy atom. The fraction of sp³-hybridized carbons (Fsp3) is 0.429. The number of ether oxygens (including phenoxy) is 1. The Bertz CT molecular complexity index is 623. The van der Waals surface area contributed by atoms with Crippen LogP contribution in [0.25, 0.3) is 10.9 Å². The van der Waals surface area contributed by atoms with E-state index in [9.17, 15) is 4.79 Å². The SMILES string of the molecule is Cc1c2ccc(NC(=O)OC(C)(C)C)cc2nn1C. The lowest BCUT2D eigenvalue weighted by Gasteiger charge is -2.19. The number of carbonyl (C=O) groups is 1. The third kappa shape index (κ3) is 3.05. The lowest BCUT2D eigenvalue weighted by atomic mass is 10.2. The summed E-state index contributed by atoms with van der Waals surface area (Å²) in [5, 5.41) is 8.17. The molecular weight excluding hydrogens is 242 g/mol. The minimum Gasteiger partial charge on any atom is -0.444 e. The molecule has 0 fully saturated rings. The molecule has 1 aromatic heterocycles. The van der Waals surface area contributed by atoms with Crippen LogP contribution in [0.1, 0.15) is 26.5 Å². The fourth-order valence-electron chi connectivity index (χ4n) is 1.83. The van der Waals surface area contributed by atoms with Crippen LogP contribution in [0, 0.1) is 6.92 Å². The van der Waals surface area contributed by atoms with Crippen molar-refractivity contribution in [3.8, 4) is 0 Å². The van der Waals surface area contributed by atoms with Crippen molar-refractivity contribution in [3.05, 3.63) is 23.9 Å². The number of aryl methyl sites for hydroxylation is 2. The Balaban J connectivity index is 2.20. The highest BCUT2D eigenvalue weighted by Gasteiger charge is 2.16. The number of nitrogens with zero attached hydrogens (tertiary/aromatic N) is 2. The Morgan fingerprint density at radius 1 is 1.37 bits per heavy atom. The zero-order valence-corrected chi connectivity index (χ0v) is 11.9. The molecular formula is C14H19N3O2. The molecule has 5 nitrogen and oxygen atoms in total. The summed E-state index contributed by atoms with van der Waals surface area (Å²) in [6, 6.07) is 5.64. The highest BCUT2D eigenvalue weighted by molar-refractivity contribution is 5.90. The Hall–Kier alpha value is -2.04. The summed E-state index contributed by atoms with van der Waals surface area (Å²) in [6.45, 7) is 7.50. The van der Waals surface area contributed by atoms with Crippen molar-refractivity contribution in [2.45, 2.75) is 33.3 Å². The number of amides is 1. The lowest BCUT2D eigenvalue weighted by Crippen LogP contribution is -2.27. The third-order valence-corrected chi connectivity index (χ3v) is 2.78. The maximum Gasteiger partial charge on any atom is 0.412 e. The van der Waals surface area contributed by atoms with Crippen molar-refractivity contribution in [1.82, 2.24) is 9.78 Å². The van der Waals surface area contributed by atoms with Crippen molar-refractivity contribution < 1.29 is 9.53 Å². The zero-order valence-electron chi connectivity index (χ0n) is 11.9. The van der Waals surface area contributed by atoms with Crippen molar-refractivity contribution in [2.24, 2.45) is 7.05 Å². The fourth-order valence-corrected chi connectivity index (χ4v) is 1.83. The number of hydrogen-bond acceptors (Lipinski definition) is 3. The lowest BCUT2D eigenvalue weighted by molar-refractivity contribution is 0.0636. The van der Waals surface area contributed by atoms with Gasteiger partial charge >= 0.3 is 6.09 Å². The van der Waals surface area contributed by atoms with E-state index in [2.05, 4.69) is 10.4 Å². The van der Waals surface area contributed by atoms with Crippen molar-refractivity contribution in [3.63, 3.8) is 0 Å². The third-order valence-electron chi connectivity index (χ3n) is 2.78. The molecule has 0 bridgehead atoms. The van der Waals surface area contributed by atoms with Crippen molar-refractivity contribution >= 4 is 22.7 Å². The molecule has 1 aromatic carbocycles. The monoisotopic (exact) mass is 261 g/mol. The molecule has 2 aromatic rings. The highest BCUT2D eigenvalue weighted by Crippen LogP contribution is 2.21. The average molecular weight is 261 g/mol. The minimum absolute atomic E-state index is 0.459. The molecule has 1 amide bonds. The topological polar surface area (TPSA) is 56.1 Å². The van der Waals surface area contributed by atoms with Crippen molar-refractivity contribution in [1.29, 1.82) is 0 Å². The first-order valence-electron chi connectivity index (χ1n) is 6.19. The molecule has 19 heavy (non-hydrogen) atoms. The van der Waals surface area contributed by atoms with Crippen LogP contribution in [0.3, 0.4) is 0 Å². The zero-order chi connectivity index (χ0) is 14.2. The molecule has 1 N–H and O–H groups in total. The summed E-state index contributed by atoms with van der Waals surface area (Å²) in [4.78, 5) is 11.7. The smallest absolute Gasteiger partial charge is 0.412 e. The number of carbonyl (C=O) groups excluding carboxylic acids is 1. The van der Waals surface area contributed by atoms with E-state index in [1.54, 1.807) is 0 Å². The number of benzene rings is 1. The second-order valence-corrected chi connectivity index (χ2v) is 5.57. The highest BCUT2D eigenvalue weighted by atomic mass is 16.6. The van der Waals surface area contributed by atoms with E-state index in [1.807, 2.05) is 57.6 Å². The van der Waals surface area contributed by atoms with Gasteiger partial charge in [0.05, 0.1) is 5.52 Å². The number of nitrogens with one attached hydrogen (secondary N) is 1. The van der Waals surface area contributed by atoms with Gasteiger partial charge < -0.3 is 4.74 Å². The van der Waals surface area contributed by atoms with E-state index in [1.165, 1.54) is 0 Å². The molecule has 0 aliphatic heterocycles. The molecule has 0 saturated heterocycles. The van der Waals surface area contributed by atoms with Crippen LogP contribution < -0.4 is 5.32 Å². The molecule has 0 atom stereocenters. The summed E-state index contributed by atoms with van der Waals surface area (Å²) in [7, 11) is 1.90. The number of hydrogen-bond donors (Lipinski definition) is 1. The predicted molar refractivity (Wildman–Crippen MR) is 75.3 cm³/mol. The van der Waals surface area contributed by atoms with E-state index in [-0.39, 0.29) is 0 Å². The molecule has 0 spiro atoms. The average Bonchev–Trinajstić information content (AvgIpc) is 2.51. The summed E-state index contributed by atoms with van der Waals surface area (Å²) < 4.78 is 7.03. The molecule has 102 valence electrons. The summed E-state index contributed by atoms with van der Waals surface area (Å²) in [5.41, 5.74) is 2.13. The van der Waals surface area contributed by atoms with Crippen LogP contribution in [-0.4, -0.2) is 21.5 Å². The van der Waals surface area contributed by atoms with Crippen LogP contribution in [-0.2, 0) is 11.8 Å². The molecule has 0 unspecified atom stereocenters. The van der Waals surface area contributed by atoms with Gasteiger partial charge in [-0.25, -0.2) is 4.79 Å².